The van der Waals surface area contributed by atoms with Gasteiger partial charge in [0.1, 0.15) is 11.6 Å². The molecule has 43 heavy (non-hydrogen) atoms. The smallest absolute Gasteiger partial charge is 0.400 e. The van der Waals surface area contributed by atoms with E-state index in [4.69, 9.17) is 9.47 Å². The topological polar surface area (TPSA) is 27.7 Å². The number of benzene rings is 2. The third-order valence-corrected chi connectivity index (χ3v) is 8.68. The minimum Gasteiger partial charge on any atom is -0.432 e. The second kappa shape index (κ2) is 15.3. The quantitative estimate of drug-likeness (QED) is 0.127. The Morgan fingerprint density at radius 1 is 0.860 bits per heavy atom. The van der Waals surface area contributed by atoms with Crippen molar-refractivity contribution in [2.24, 2.45) is 17.8 Å². The standard InChI is InChI=1S/C33H39F7O3/c1-2-3-4-5-6-7-21-8-16-29(41-20-21)22-9-12-24(13-10-22)33(39,40)43-25-14-15-26(27(34)19-25)23-11-17-30(28(35)18-23)42-32(38)31(36)37/h11,14-15,17-19,21-22,24,29H,2-10,12-13,16,20H2,1H3. The average molecular weight is 617 g/mol. The van der Waals surface area contributed by atoms with Crippen LogP contribution in [0.4, 0.5) is 30.7 Å². The van der Waals surface area contributed by atoms with Gasteiger partial charge in [0, 0.05) is 18.2 Å². The highest BCUT2D eigenvalue weighted by Gasteiger charge is 2.45. The highest BCUT2D eigenvalue weighted by atomic mass is 19.3. The molecule has 1 aliphatic heterocycles. The van der Waals surface area contributed by atoms with Gasteiger partial charge in [-0.2, -0.15) is 22.0 Å². The molecular formula is C33H39F7O3. The summed E-state index contributed by atoms with van der Waals surface area (Å²) in [6, 6.07) is 3.56. The lowest BCUT2D eigenvalue weighted by Gasteiger charge is -2.39. The summed E-state index contributed by atoms with van der Waals surface area (Å²) in [4.78, 5) is 0. The van der Waals surface area contributed by atoms with Crippen LogP contribution in [0.2, 0.25) is 0 Å². The van der Waals surface area contributed by atoms with Gasteiger partial charge in [0.15, 0.2) is 11.6 Å². The minimum atomic E-state index is -3.51. The van der Waals surface area contributed by atoms with Crippen LogP contribution in [0, 0.1) is 29.4 Å². The van der Waals surface area contributed by atoms with Crippen LogP contribution in [-0.2, 0) is 4.74 Å². The van der Waals surface area contributed by atoms with Crippen molar-refractivity contribution in [2.75, 3.05) is 6.61 Å². The third kappa shape index (κ3) is 9.13. The highest BCUT2D eigenvalue weighted by molar-refractivity contribution is 5.66. The normalized spacial score (nSPS) is 22.7. The zero-order chi connectivity index (χ0) is 31.0. The molecule has 0 amide bonds. The Morgan fingerprint density at radius 3 is 2.23 bits per heavy atom. The van der Waals surface area contributed by atoms with Crippen LogP contribution >= 0.6 is 0 Å². The van der Waals surface area contributed by atoms with Crippen molar-refractivity contribution in [3.05, 3.63) is 60.1 Å². The Morgan fingerprint density at radius 2 is 1.60 bits per heavy atom. The number of unbranched alkanes of at least 4 members (excludes halogenated alkanes) is 4. The van der Waals surface area contributed by atoms with Crippen molar-refractivity contribution < 1.29 is 44.9 Å². The summed E-state index contributed by atoms with van der Waals surface area (Å²) >= 11 is 0. The molecule has 0 bridgehead atoms. The molecule has 238 valence electrons. The van der Waals surface area contributed by atoms with Gasteiger partial charge in [-0.05, 0) is 86.6 Å². The van der Waals surface area contributed by atoms with Gasteiger partial charge >= 0.3 is 18.2 Å². The number of hydrogen-bond donors (Lipinski definition) is 0. The van der Waals surface area contributed by atoms with Crippen molar-refractivity contribution in [2.45, 2.75) is 96.2 Å². The largest absolute Gasteiger partial charge is 0.432 e. The summed E-state index contributed by atoms with van der Waals surface area (Å²) < 4.78 is 112. The van der Waals surface area contributed by atoms with Gasteiger partial charge in [-0.15, -0.1) is 0 Å². The molecule has 2 aromatic carbocycles. The Bertz CT molecular complexity index is 1210. The van der Waals surface area contributed by atoms with E-state index in [-0.39, 0.29) is 41.7 Å². The molecule has 10 heteroatoms. The molecule has 2 aromatic rings. The van der Waals surface area contributed by atoms with E-state index >= 15 is 8.78 Å². The molecule has 2 aliphatic rings. The molecule has 3 nitrogen and oxygen atoms in total. The molecule has 2 unspecified atom stereocenters. The molecule has 2 fully saturated rings. The number of halogens is 7. The van der Waals surface area contributed by atoms with E-state index in [0.29, 0.717) is 18.8 Å². The van der Waals surface area contributed by atoms with Gasteiger partial charge in [-0.25, -0.2) is 8.78 Å². The van der Waals surface area contributed by atoms with E-state index in [0.717, 1.165) is 55.8 Å². The summed E-state index contributed by atoms with van der Waals surface area (Å²) in [7, 11) is 0. The fourth-order valence-corrected chi connectivity index (χ4v) is 6.21. The van der Waals surface area contributed by atoms with E-state index in [1.165, 1.54) is 38.5 Å². The second-order valence-corrected chi connectivity index (χ2v) is 11.7. The molecule has 4 rings (SSSR count). The molecule has 0 radical (unpaired) electrons. The van der Waals surface area contributed by atoms with Crippen LogP contribution in [0.3, 0.4) is 0 Å². The van der Waals surface area contributed by atoms with Gasteiger partial charge in [0.2, 0.25) is 0 Å². The van der Waals surface area contributed by atoms with Gasteiger partial charge in [-0.1, -0.05) is 45.1 Å². The SMILES string of the molecule is CCCCCCCC1CCC(C2CCC(C(F)(F)Oc3ccc(-c4ccc(OC(F)=C(F)F)c(F)c4)c(F)c3)CC2)OC1. The minimum absolute atomic E-state index is 0.0349. The summed E-state index contributed by atoms with van der Waals surface area (Å²) in [6.45, 7) is 2.96. The van der Waals surface area contributed by atoms with Crippen LogP contribution in [0.1, 0.15) is 84.0 Å². The first-order valence-electron chi connectivity index (χ1n) is 15.2. The maximum absolute atomic E-state index is 15.1. The fourth-order valence-electron chi connectivity index (χ4n) is 6.21. The van der Waals surface area contributed by atoms with Gasteiger partial charge in [0.05, 0.1) is 12.0 Å². The lowest BCUT2D eigenvalue weighted by Crippen LogP contribution is -2.40. The number of alkyl halides is 2. The third-order valence-electron chi connectivity index (χ3n) is 8.68. The molecule has 1 saturated heterocycles. The molecule has 1 heterocycles. The van der Waals surface area contributed by atoms with Gasteiger partial charge in [-0.3, -0.25) is 0 Å². The van der Waals surface area contributed by atoms with Crippen molar-refractivity contribution in [1.82, 2.24) is 0 Å². The Kier molecular flexibility index (Phi) is 11.8. The molecule has 0 aromatic heterocycles. The van der Waals surface area contributed by atoms with Crippen molar-refractivity contribution in [3.8, 4) is 22.6 Å². The summed E-state index contributed by atoms with van der Waals surface area (Å²) in [5, 5.41) is 0. The first kappa shape index (κ1) is 33.1. The Hall–Kier alpha value is -2.75. The predicted molar refractivity (Wildman–Crippen MR) is 150 cm³/mol. The van der Waals surface area contributed by atoms with E-state index in [1.54, 1.807) is 0 Å². The molecule has 1 aliphatic carbocycles. The van der Waals surface area contributed by atoms with Crippen molar-refractivity contribution >= 4 is 0 Å². The van der Waals surface area contributed by atoms with E-state index < -0.39 is 41.5 Å². The molecule has 2 atom stereocenters. The summed E-state index contributed by atoms with van der Waals surface area (Å²) in [5.41, 5.74) is -0.187. The lowest BCUT2D eigenvalue weighted by atomic mass is 9.76. The number of hydrogen-bond acceptors (Lipinski definition) is 3. The van der Waals surface area contributed by atoms with Crippen LogP contribution in [-0.4, -0.2) is 18.8 Å². The monoisotopic (exact) mass is 616 g/mol. The highest BCUT2D eigenvalue weighted by Crippen LogP contribution is 2.43. The number of rotatable bonds is 13. The van der Waals surface area contributed by atoms with E-state index in [1.807, 2.05) is 0 Å². The number of ether oxygens (including phenoxy) is 3. The maximum atomic E-state index is 15.1. The average Bonchev–Trinajstić information content (AvgIpc) is 2.98. The fraction of sp³-hybridized carbons (Fsp3) is 0.576. The first-order valence-corrected chi connectivity index (χ1v) is 15.2. The van der Waals surface area contributed by atoms with Crippen LogP contribution < -0.4 is 9.47 Å². The zero-order valence-electron chi connectivity index (χ0n) is 24.3. The Balaban J connectivity index is 1.27. The van der Waals surface area contributed by atoms with Gasteiger partial charge < -0.3 is 14.2 Å². The summed E-state index contributed by atoms with van der Waals surface area (Å²) in [6.07, 6.45) is 5.21. The van der Waals surface area contributed by atoms with Crippen LogP contribution in [0.5, 0.6) is 11.5 Å². The lowest BCUT2D eigenvalue weighted by molar-refractivity contribution is -0.225. The zero-order valence-corrected chi connectivity index (χ0v) is 24.3. The van der Waals surface area contributed by atoms with Gasteiger partial charge in [0.25, 0.3) is 0 Å². The molecule has 0 spiro atoms. The molecular weight excluding hydrogens is 577 g/mol. The van der Waals surface area contributed by atoms with Crippen LogP contribution in [0.15, 0.2) is 48.5 Å². The second-order valence-electron chi connectivity index (χ2n) is 11.7. The molecule has 1 saturated carbocycles. The Labute approximate surface area is 248 Å². The van der Waals surface area contributed by atoms with Crippen molar-refractivity contribution in [3.63, 3.8) is 0 Å². The predicted octanol–water partition coefficient (Wildman–Crippen LogP) is 11.0. The molecule has 0 N–H and O–H groups in total. The summed E-state index contributed by atoms with van der Waals surface area (Å²) in [5.74, 6) is -3.56. The first-order chi connectivity index (χ1) is 20.6. The van der Waals surface area contributed by atoms with E-state index in [2.05, 4.69) is 11.7 Å². The van der Waals surface area contributed by atoms with Crippen molar-refractivity contribution in [1.29, 1.82) is 0 Å². The van der Waals surface area contributed by atoms with Crippen LogP contribution in [0.25, 0.3) is 11.1 Å². The maximum Gasteiger partial charge on any atom is 0.400 e. The van der Waals surface area contributed by atoms with E-state index in [9.17, 15) is 22.0 Å².